The molecule has 1 unspecified atom stereocenters. The van der Waals surface area contributed by atoms with Crippen LogP contribution in [0.5, 0.6) is 0 Å². The zero-order valence-corrected chi connectivity index (χ0v) is 10.7. The van der Waals surface area contributed by atoms with Gasteiger partial charge in [-0.25, -0.2) is 4.98 Å². The van der Waals surface area contributed by atoms with Crippen LogP contribution in [0.25, 0.3) is 0 Å². The lowest BCUT2D eigenvalue weighted by atomic mass is 10.2. The third kappa shape index (κ3) is 3.02. The summed E-state index contributed by atoms with van der Waals surface area (Å²) in [4.78, 5) is 9.13. The highest BCUT2D eigenvalue weighted by atomic mass is 15.3. The third-order valence-corrected chi connectivity index (χ3v) is 3.54. The van der Waals surface area contributed by atoms with Crippen molar-refractivity contribution >= 4 is 0 Å². The molecule has 0 aromatic carbocycles. The summed E-state index contributed by atoms with van der Waals surface area (Å²) in [5, 5.41) is 4.09. The van der Waals surface area contributed by atoms with Crippen LogP contribution in [-0.4, -0.2) is 63.3 Å². The molecule has 1 aliphatic heterocycles. The van der Waals surface area contributed by atoms with Crippen molar-refractivity contribution < 1.29 is 0 Å². The standard InChI is InChI=1S/C11H22N6/c1-10(7-12)17-5-3-16(4-6-17)8-11-13-9-14-15(11)2/h9-10H,3-8,12H2,1-2H3. The van der Waals surface area contributed by atoms with Gasteiger partial charge in [0.1, 0.15) is 12.2 Å². The van der Waals surface area contributed by atoms with Gasteiger partial charge in [-0.15, -0.1) is 0 Å². The lowest BCUT2D eigenvalue weighted by Gasteiger charge is -2.37. The number of nitrogens with zero attached hydrogens (tertiary/aromatic N) is 5. The Bertz CT molecular complexity index is 341. The Morgan fingerprint density at radius 3 is 2.59 bits per heavy atom. The molecule has 0 spiro atoms. The van der Waals surface area contributed by atoms with Crippen molar-refractivity contribution in [1.82, 2.24) is 24.6 Å². The first-order valence-corrected chi connectivity index (χ1v) is 6.20. The van der Waals surface area contributed by atoms with Crippen LogP contribution in [0.1, 0.15) is 12.7 Å². The Morgan fingerprint density at radius 2 is 2.06 bits per heavy atom. The molecular formula is C11H22N6. The van der Waals surface area contributed by atoms with Gasteiger partial charge in [0.25, 0.3) is 0 Å². The molecule has 1 aromatic heterocycles. The van der Waals surface area contributed by atoms with Gasteiger partial charge in [0.15, 0.2) is 0 Å². The fraction of sp³-hybridized carbons (Fsp3) is 0.818. The molecule has 2 N–H and O–H groups in total. The van der Waals surface area contributed by atoms with Crippen molar-refractivity contribution in [1.29, 1.82) is 0 Å². The highest BCUT2D eigenvalue weighted by Gasteiger charge is 2.20. The Balaban J connectivity index is 1.81. The average Bonchev–Trinajstić information content (AvgIpc) is 2.75. The van der Waals surface area contributed by atoms with E-state index in [2.05, 4.69) is 26.8 Å². The zero-order valence-electron chi connectivity index (χ0n) is 10.7. The number of piperazine rings is 1. The monoisotopic (exact) mass is 238 g/mol. The first kappa shape index (κ1) is 12.5. The fourth-order valence-electron chi connectivity index (χ4n) is 2.17. The van der Waals surface area contributed by atoms with Crippen molar-refractivity contribution in [3.05, 3.63) is 12.2 Å². The second-order valence-corrected chi connectivity index (χ2v) is 4.70. The molecule has 0 saturated carbocycles. The minimum absolute atomic E-state index is 0.493. The molecule has 0 radical (unpaired) electrons. The second-order valence-electron chi connectivity index (χ2n) is 4.70. The maximum Gasteiger partial charge on any atom is 0.140 e. The first-order valence-electron chi connectivity index (χ1n) is 6.20. The number of rotatable bonds is 4. The van der Waals surface area contributed by atoms with Gasteiger partial charge in [0.05, 0.1) is 6.54 Å². The van der Waals surface area contributed by atoms with Gasteiger partial charge in [0, 0.05) is 45.8 Å². The third-order valence-electron chi connectivity index (χ3n) is 3.54. The molecule has 0 amide bonds. The van der Waals surface area contributed by atoms with Crippen molar-refractivity contribution in [2.75, 3.05) is 32.7 Å². The van der Waals surface area contributed by atoms with Gasteiger partial charge in [-0.1, -0.05) is 0 Å². The lowest BCUT2D eigenvalue weighted by molar-refractivity contribution is 0.0980. The summed E-state index contributed by atoms with van der Waals surface area (Å²) in [6.07, 6.45) is 1.61. The van der Waals surface area contributed by atoms with Crippen molar-refractivity contribution in [2.24, 2.45) is 12.8 Å². The number of aromatic nitrogens is 3. The smallest absolute Gasteiger partial charge is 0.140 e. The topological polar surface area (TPSA) is 63.2 Å². The van der Waals surface area contributed by atoms with Crippen LogP contribution >= 0.6 is 0 Å². The molecule has 1 fully saturated rings. The van der Waals surface area contributed by atoms with Crippen LogP contribution in [0.2, 0.25) is 0 Å². The molecule has 6 nitrogen and oxygen atoms in total. The summed E-state index contributed by atoms with van der Waals surface area (Å²) >= 11 is 0. The molecule has 1 aromatic rings. The predicted octanol–water partition coefficient (Wildman–Crippen LogP) is -0.720. The number of hydrogen-bond donors (Lipinski definition) is 1. The van der Waals surface area contributed by atoms with Crippen LogP contribution in [0.15, 0.2) is 6.33 Å². The fourth-order valence-corrected chi connectivity index (χ4v) is 2.17. The lowest BCUT2D eigenvalue weighted by Crippen LogP contribution is -2.51. The maximum atomic E-state index is 5.69. The highest BCUT2D eigenvalue weighted by Crippen LogP contribution is 2.08. The van der Waals surface area contributed by atoms with Gasteiger partial charge in [-0.2, -0.15) is 5.10 Å². The van der Waals surface area contributed by atoms with E-state index in [1.807, 2.05) is 11.7 Å². The molecule has 2 heterocycles. The molecular weight excluding hydrogens is 216 g/mol. The SMILES string of the molecule is CC(CN)N1CCN(Cc2ncnn2C)CC1. The van der Waals surface area contributed by atoms with Crippen LogP contribution in [0.3, 0.4) is 0 Å². The van der Waals surface area contributed by atoms with Gasteiger partial charge in [0.2, 0.25) is 0 Å². The Labute approximate surface area is 102 Å². The van der Waals surface area contributed by atoms with Gasteiger partial charge < -0.3 is 5.73 Å². The highest BCUT2D eigenvalue weighted by molar-refractivity contribution is 4.86. The number of aryl methyl sites for hydroxylation is 1. The van der Waals surface area contributed by atoms with E-state index < -0.39 is 0 Å². The summed E-state index contributed by atoms with van der Waals surface area (Å²) in [6, 6.07) is 0.493. The van der Waals surface area contributed by atoms with Gasteiger partial charge in [-0.3, -0.25) is 14.5 Å². The van der Waals surface area contributed by atoms with Gasteiger partial charge >= 0.3 is 0 Å². The normalized spacial score (nSPS) is 20.6. The largest absolute Gasteiger partial charge is 0.329 e. The molecule has 0 bridgehead atoms. The molecule has 1 atom stereocenters. The Hall–Kier alpha value is -0.980. The van der Waals surface area contributed by atoms with E-state index in [-0.39, 0.29) is 0 Å². The van der Waals surface area contributed by atoms with E-state index >= 15 is 0 Å². The second kappa shape index (κ2) is 5.57. The van der Waals surface area contributed by atoms with E-state index in [1.165, 1.54) is 0 Å². The van der Waals surface area contributed by atoms with Crippen LogP contribution in [0.4, 0.5) is 0 Å². The average molecular weight is 238 g/mol. The van der Waals surface area contributed by atoms with Gasteiger partial charge in [-0.05, 0) is 6.92 Å². The molecule has 2 rings (SSSR count). The molecule has 6 heteroatoms. The van der Waals surface area contributed by atoms with Crippen LogP contribution < -0.4 is 5.73 Å². The summed E-state index contributed by atoms with van der Waals surface area (Å²) < 4.78 is 1.84. The van der Waals surface area contributed by atoms with Crippen molar-refractivity contribution in [2.45, 2.75) is 19.5 Å². The quantitative estimate of drug-likeness (QED) is 0.750. The number of hydrogen-bond acceptors (Lipinski definition) is 5. The molecule has 0 aliphatic carbocycles. The van der Waals surface area contributed by atoms with E-state index in [9.17, 15) is 0 Å². The minimum Gasteiger partial charge on any atom is -0.329 e. The summed E-state index contributed by atoms with van der Waals surface area (Å²) in [7, 11) is 1.94. The maximum absolute atomic E-state index is 5.69. The van der Waals surface area contributed by atoms with E-state index in [0.29, 0.717) is 6.04 Å². The summed E-state index contributed by atoms with van der Waals surface area (Å²) in [5.41, 5.74) is 5.69. The van der Waals surface area contributed by atoms with E-state index in [0.717, 1.165) is 45.1 Å². The summed E-state index contributed by atoms with van der Waals surface area (Å²) in [5.74, 6) is 1.03. The van der Waals surface area contributed by atoms with Crippen LogP contribution in [0, 0.1) is 0 Å². The van der Waals surface area contributed by atoms with Crippen molar-refractivity contribution in [3.8, 4) is 0 Å². The Morgan fingerprint density at radius 1 is 1.35 bits per heavy atom. The number of nitrogens with two attached hydrogens (primary N) is 1. The Kier molecular flexibility index (Phi) is 4.09. The van der Waals surface area contributed by atoms with E-state index in [4.69, 9.17) is 5.73 Å². The molecule has 17 heavy (non-hydrogen) atoms. The molecule has 1 saturated heterocycles. The first-order chi connectivity index (χ1) is 8.20. The summed E-state index contributed by atoms with van der Waals surface area (Å²) in [6.45, 7) is 8.17. The molecule has 1 aliphatic rings. The van der Waals surface area contributed by atoms with Crippen molar-refractivity contribution in [3.63, 3.8) is 0 Å². The van der Waals surface area contributed by atoms with Crippen LogP contribution in [-0.2, 0) is 13.6 Å². The van der Waals surface area contributed by atoms with E-state index in [1.54, 1.807) is 6.33 Å². The zero-order chi connectivity index (χ0) is 12.3. The molecule has 96 valence electrons. The minimum atomic E-state index is 0.493. The predicted molar refractivity (Wildman–Crippen MR) is 66.4 cm³/mol.